The Labute approximate surface area is 76.9 Å². The van der Waals surface area contributed by atoms with Crippen molar-refractivity contribution in [3.05, 3.63) is 35.9 Å². The predicted octanol–water partition coefficient (Wildman–Crippen LogP) is 0.922. The highest BCUT2D eigenvalue weighted by Crippen LogP contribution is 2.20. The maximum absolute atomic E-state index is 9.70. The fourth-order valence-electron chi connectivity index (χ4n) is 1.40. The van der Waals surface area contributed by atoms with Crippen molar-refractivity contribution in [1.29, 1.82) is 0 Å². The van der Waals surface area contributed by atoms with Crippen LogP contribution in [0.5, 0.6) is 0 Å². The highest BCUT2D eigenvalue weighted by atomic mass is 16.8. The highest BCUT2D eigenvalue weighted by molar-refractivity contribution is 5.15. The van der Waals surface area contributed by atoms with E-state index >= 15 is 0 Å². The van der Waals surface area contributed by atoms with Crippen molar-refractivity contribution in [3.8, 4) is 0 Å². The molecular formula is C10H12O3. The Morgan fingerprint density at radius 1 is 1.15 bits per heavy atom. The fraction of sp³-hybridized carbons (Fsp3) is 0.400. The van der Waals surface area contributed by atoms with Gasteiger partial charge in [0.1, 0.15) is 0 Å². The minimum atomic E-state index is -1.40. The lowest BCUT2D eigenvalue weighted by Gasteiger charge is -2.19. The van der Waals surface area contributed by atoms with Crippen LogP contribution in [0.4, 0.5) is 0 Å². The Kier molecular flexibility index (Phi) is 2.31. The molecular weight excluding hydrogens is 168 g/mol. The summed E-state index contributed by atoms with van der Waals surface area (Å²) in [6.07, 6.45) is 0.383. The van der Waals surface area contributed by atoms with E-state index in [9.17, 15) is 5.11 Å². The van der Waals surface area contributed by atoms with E-state index < -0.39 is 5.97 Å². The summed E-state index contributed by atoms with van der Waals surface area (Å²) in [5.74, 6) is -1.40. The van der Waals surface area contributed by atoms with Gasteiger partial charge in [-0.15, -0.1) is 0 Å². The van der Waals surface area contributed by atoms with Gasteiger partial charge in [0.05, 0.1) is 19.6 Å². The van der Waals surface area contributed by atoms with Gasteiger partial charge in [-0.2, -0.15) is 0 Å². The summed E-state index contributed by atoms with van der Waals surface area (Å²) in [6.45, 7) is 0.923. The molecule has 0 bridgehead atoms. The maximum atomic E-state index is 9.70. The van der Waals surface area contributed by atoms with Crippen molar-refractivity contribution in [2.45, 2.75) is 12.4 Å². The molecule has 1 heterocycles. The third-order valence-electron chi connectivity index (χ3n) is 2.01. The number of hydrogen-bond acceptors (Lipinski definition) is 3. The molecule has 13 heavy (non-hydrogen) atoms. The predicted molar refractivity (Wildman–Crippen MR) is 47.0 cm³/mol. The van der Waals surface area contributed by atoms with Crippen LogP contribution in [0.1, 0.15) is 5.56 Å². The second kappa shape index (κ2) is 3.46. The van der Waals surface area contributed by atoms with Gasteiger partial charge in [-0.25, -0.2) is 0 Å². The molecule has 1 fully saturated rings. The molecule has 0 saturated carbocycles. The first-order chi connectivity index (χ1) is 6.29. The Bertz CT molecular complexity index is 265. The molecule has 3 nitrogen and oxygen atoms in total. The summed E-state index contributed by atoms with van der Waals surface area (Å²) in [4.78, 5) is 0. The average molecular weight is 180 g/mol. The molecule has 0 amide bonds. The highest BCUT2D eigenvalue weighted by Gasteiger charge is 2.33. The third-order valence-corrected chi connectivity index (χ3v) is 2.01. The van der Waals surface area contributed by atoms with Gasteiger partial charge in [-0.05, 0) is 5.56 Å². The Balaban J connectivity index is 2.05. The second-order valence-corrected chi connectivity index (χ2v) is 3.07. The van der Waals surface area contributed by atoms with Crippen molar-refractivity contribution in [1.82, 2.24) is 0 Å². The van der Waals surface area contributed by atoms with Gasteiger partial charge in [0, 0.05) is 0 Å². The second-order valence-electron chi connectivity index (χ2n) is 3.07. The number of hydrogen-bond donors (Lipinski definition) is 1. The standard InChI is InChI=1S/C10H12O3/c11-10(12-6-7-13-10)8-9-4-2-1-3-5-9/h1-5,11H,6-8H2. The number of rotatable bonds is 2. The number of benzene rings is 1. The molecule has 1 saturated heterocycles. The molecule has 0 unspecified atom stereocenters. The minimum Gasteiger partial charge on any atom is -0.343 e. The first-order valence-electron chi connectivity index (χ1n) is 4.33. The van der Waals surface area contributed by atoms with E-state index in [4.69, 9.17) is 9.47 Å². The Morgan fingerprint density at radius 2 is 1.77 bits per heavy atom. The summed E-state index contributed by atoms with van der Waals surface area (Å²) in [6, 6.07) is 9.65. The van der Waals surface area contributed by atoms with Crippen molar-refractivity contribution in [3.63, 3.8) is 0 Å². The van der Waals surface area contributed by atoms with Crippen molar-refractivity contribution >= 4 is 0 Å². The summed E-state index contributed by atoms with van der Waals surface area (Å²) in [5, 5.41) is 9.70. The molecule has 1 aliphatic heterocycles. The molecule has 70 valence electrons. The molecule has 0 aromatic heterocycles. The molecule has 1 aromatic rings. The zero-order valence-electron chi connectivity index (χ0n) is 7.27. The first kappa shape index (κ1) is 8.69. The molecule has 1 aromatic carbocycles. The summed E-state index contributed by atoms with van der Waals surface area (Å²) >= 11 is 0. The van der Waals surface area contributed by atoms with Gasteiger partial charge >= 0.3 is 0 Å². The van der Waals surface area contributed by atoms with Crippen LogP contribution in [-0.2, 0) is 15.9 Å². The monoisotopic (exact) mass is 180 g/mol. The van der Waals surface area contributed by atoms with Crippen LogP contribution in [0.3, 0.4) is 0 Å². The van der Waals surface area contributed by atoms with Crippen molar-refractivity contribution in [2.24, 2.45) is 0 Å². The zero-order chi connectivity index (χ0) is 9.15. The first-order valence-corrected chi connectivity index (χ1v) is 4.33. The molecule has 1 aliphatic rings. The zero-order valence-corrected chi connectivity index (χ0v) is 7.27. The van der Waals surface area contributed by atoms with Crippen LogP contribution in [0.25, 0.3) is 0 Å². The largest absolute Gasteiger partial charge is 0.343 e. The normalized spacial score (nSPS) is 20.4. The van der Waals surface area contributed by atoms with Crippen molar-refractivity contribution < 1.29 is 14.6 Å². The van der Waals surface area contributed by atoms with E-state index in [2.05, 4.69) is 0 Å². The van der Waals surface area contributed by atoms with E-state index in [1.807, 2.05) is 30.3 Å². The van der Waals surface area contributed by atoms with E-state index in [-0.39, 0.29) is 0 Å². The van der Waals surface area contributed by atoms with Crippen LogP contribution in [-0.4, -0.2) is 24.3 Å². The molecule has 0 atom stereocenters. The topological polar surface area (TPSA) is 38.7 Å². The Morgan fingerprint density at radius 3 is 2.38 bits per heavy atom. The smallest absolute Gasteiger partial charge is 0.284 e. The third kappa shape index (κ3) is 2.06. The average Bonchev–Trinajstić information content (AvgIpc) is 2.54. The van der Waals surface area contributed by atoms with Gasteiger partial charge in [0.2, 0.25) is 0 Å². The molecule has 2 rings (SSSR count). The quantitative estimate of drug-likeness (QED) is 0.735. The van der Waals surface area contributed by atoms with Crippen LogP contribution in [0.15, 0.2) is 30.3 Å². The molecule has 3 heteroatoms. The summed E-state index contributed by atoms with van der Waals surface area (Å²) in [7, 11) is 0. The van der Waals surface area contributed by atoms with Crippen molar-refractivity contribution in [2.75, 3.05) is 13.2 Å². The molecule has 1 N–H and O–H groups in total. The fourth-order valence-corrected chi connectivity index (χ4v) is 1.40. The lowest BCUT2D eigenvalue weighted by molar-refractivity contribution is -0.303. The number of aliphatic hydroxyl groups is 1. The van der Waals surface area contributed by atoms with E-state index in [0.717, 1.165) is 5.56 Å². The minimum absolute atomic E-state index is 0.383. The van der Waals surface area contributed by atoms with Crippen LogP contribution >= 0.6 is 0 Å². The lowest BCUT2D eigenvalue weighted by atomic mass is 10.1. The van der Waals surface area contributed by atoms with Gasteiger partial charge in [-0.3, -0.25) is 0 Å². The van der Waals surface area contributed by atoms with Gasteiger partial charge in [0.15, 0.2) is 0 Å². The van der Waals surface area contributed by atoms with E-state index in [1.54, 1.807) is 0 Å². The van der Waals surface area contributed by atoms with Gasteiger partial charge in [0.25, 0.3) is 5.97 Å². The van der Waals surface area contributed by atoms with Crippen LogP contribution < -0.4 is 0 Å². The van der Waals surface area contributed by atoms with Crippen LogP contribution in [0.2, 0.25) is 0 Å². The lowest BCUT2D eigenvalue weighted by Crippen LogP contribution is -2.32. The van der Waals surface area contributed by atoms with E-state index in [0.29, 0.717) is 19.6 Å². The maximum Gasteiger partial charge on any atom is 0.284 e. The molecule has 0 radical (unpaired) electrons. The Hall–Kier alpha value is -0.900. The van der Waals surface area contributed by atoms with Crippen LogP contribution in [0, 0.1) is 0 Å². The van der Waals surface area contributed by atoms with Gasteiger partial charge in [-0.1, -0.05) is 30.3 Å². The van der Waals surface area contributed by atoms with E-state index in [1.165, 1.54) is 0 Å². The molecule has 0 spiro atoms. The van der Waals surface area contributed by atoms with Gasteiger partial charge < -0.3 is 14.6 Å². The SMILES string of the molecule is OC1(Cc2ccccc2)OCCO1. The summed E-state index contributed by atoms with van der Waals surface area (Å²) < 4.78 is 10.2. The number of ether oxygens (including phenoxy) is 2. The molecule has 0 aliphatic carbocycles. The summed E-state index contributed by atoms with van der Waals surface area (Å²) in [5.41, 5.74) is 1.01.